The van der Waals surface area contributed by atoms with E-state index < -0.39 is 0 Å². The fourth-order valence-corrected chi connectivity index (χ4v) is 2.38. The molecule has 0 saturated carbocycles. The van der Waals surface area contributed by atoms with Gasteiger partial charge in [-0.1, -0.05) is 58.3 Å². The Bertz CT molecular complexity index is 239. The Kier molecular flexibility index (Phi) is 11.8. The van der Waals surface area contributed by atoms with Crippen LogP contribution in [0.3, 0.4) is 0 Å². The fraction of sp³-hybridized carbons (Fsp3) is 0.941. The molecule has 0 unspecified atom stereocenters. The maximum Gasteiger partial charge on any atom is 0.220 e. The summed E-state index contributed by atoms with van der Waals surface area (Å²) < 4.78 is 0. The Morgan fingerprint density at radius 2 is 1.45 bits per heavy atom. The van der Waals surface area contributed by atoms with Crippen LogP contribution < -0.4 is 5.32 Å². The summed E-state index contributed by atoms with van der Waals surface area (Å²) in [5, 5.41) is 11.9. The van der Waals surface area contributed by atoms with Crippen LogP contribution in [0.2, 0.25) is 0 Å². The Labute approximate surface area is 125 Å². The molecule has 0 aliphatic rings. The molecule has 120 valence electrons. The van der Waals surface area contributed by atoms with E-state index in [9.17, 15) is 4.79 Å². The van der Waals surface area contributed by atoms with Crippen LogP contribution in [-0.2, 0) is 4.79 Å². The Morgan fingerprint density at radius 3 is 1.95 bits per heavy atom. The largest absolute Gasteiger partial charge is 0.396 e. The highest BCUT2D eigenvalue weighted by Gasteiger charge is 2.18. The molecule has 1 amide bonds. The van der Waals surface area contributed by atoms with Gasteiger partial charge in [-0.15, -0.1) is 0 Å². The first-order chi connectivity index (χ1) is 9.52. The summed E-state index contributed by atoms with van der Waals surface area (Å²) in [4.78, 5) is 11.7. The van der Waals surface area contributed by atoms with Gasteiger partial charge >= 0.3 is 0 Å². The van der Waals surface area contributed by atoms with Crippen LogP contribution in [0.5, 0.6) is 0 Å². The summed E-state index contributed by atoms with van der Waals surface area (Å²) in [6.45, 7) is 6.27. The van der Waals surface area contributed by atoms with Gasteiger partial charge in [0.25, 0.3) is 0 Å². The van der Waals surface area contributed by atoms with Crippen molar-refractivity contribution < 1.29 is 9.90 Å². The van der Waals surface area contributed by atoms with Gasteiger partial charge in [-0.05, 0) is 26.7 Å². The monoisotopic (exact) mass is 285 g/mol. The minimum absolute atomic E-state index is 0.116. The number of aliphatic hydroxyl groups is 1. The van der Waals surface area contributed by atoms with Crippen LogP contribution in [0, 0.1) is 0 Å². The molecule has 0 fully saturated rings. The number of carbonyl (C=O) groups excluding carboxylic acids is 1. The molecule has 0 aromatic heterocycles. The second kappa shape index (κ2) is 12.2. The third-order valence-corrected chi connectivity index (χ3v) is 3.72. The van der Waals surface area contributed by atoms with E-state index in [4.69, 9.17) is 5.11 Å². The zero-order chi connectivity index (χ0) is 15.3. The molecule has 0 aliphatic carbocycles. The molecule has 0 rings (SSSR count). The first kappa shape index (κ1) is 19.4. The van der Waals surface area contributed by atoms with Crippen molar-refractivity contribution in [1.29, 1.82) is 0 Å². The zero-order valence-corrected chi connectivity index (χ0v) is 13.8. The van der Waals surface area contributed by atoms with E-state index in [1.165, 1.54) is 44.9 Å². The minimum atomic E-state index is -0.287. The summed E-state index contributed by atoms with van der Waals surface area (Å²) in [7, 11) is 0. The van der Waals surface area contributed by atoms with Crippen LogP contribution in [0.25, 0.3) is 0 Å². The van der Waals surface area contributed by atoms with Crippen molar-refractivity contribution in [1.82, 2.24) is 5.32 Å². The van der Waals surface area contributed by atoms with Gasteiger partial charge in [0.15, 0.2) is 0 Å². The highest BCUT2D eigenvalue weighted by molar-refractivity contribution is 5.76. The van der Waals surface area contributed by atoms with Crippen molar-refractivity contribution >= 4 is 5.91 Å². The maximum absolute atomic E-state index is 11.7. The molecule has 0 atom stereocenters. The topological polar surface area (TPSA) is 49.3 Å². The Balaban J connectivity index is 3.40. The summed E-state index contributed by atoms with van der Waals surface area (Å²) >= 11 is 0. The second-order valence-electron chi connectivity index (χ2n) is 6.48. The standard InChI is InChI=1S/C17H35NO2/c1-4-5-6-7-8-9-10-11-12-13-16(20)18-17(2,3)14-15-19/h19H,4-15H2,1-3H3,(H,18,20). The number of hydrogen-bond acceptors (Lipinski definition) is 2. The maximum atomic E-state index is 11.7. The number of carbonyl (C=O) groups is 1. The molecular weight excluding hydrogens is 250 g/mol. The number of aliphatic hydroxyl groups excluding tert-OH is 1. The smallest absolute Gasteiger partial charge is 0.220 e. The molecule has 0 aliphatic heterocycles. The quantitative estimate of drug-likeness (QED) is 0.499. The van der Waals surface area contributed by atoms with Gasteiger partial charge < -0.3 is 10.4 Å². The first-order valence-corrected chi connectivity index (χ1v) is 8.43. The van der Waals surface area contributed by atoms with Crippen LogP contribution in [-0.4, -0.2) is 23.2 Å². The van der Waals surface area contributed by atoms with Gasteiger partial charge in [0, 0.05) is 18.6 Å². The highest BCUT2D eigenvalue weighted by atomic mass is 16.3. The molecule has 2 N–H and O–H groups in total. The van der Waals surface area contributed by atoms with Crippen molar-refractivity contribution in [3.8, 4) is 0 Å². The SMILES string of the molecule is CCCCCCCCCCCC(=O)NC(C)(C)CCO. The van der Waals surface area contributed by atoms with Crippen molar-refractivity contribution in [3.63, 3.8) is 0 Å². The molecule has 0 radical (unpaired) electrons. The second-order valence-corrected chi connectivity index (χ2v) is 6.48. The third-order valence-electron chi connectivity index (χ3n) is 3.72. The molecule has 0 bridgehead atoms. The predicted molar refractivity (Wildman–Crippen MR) is 85.8 cm³/mol. The van der Waals surface area contributed by atoms with Gasteiger partial charge in [0.2, 0.25) is 5.91 Å². The lowest BCUT2D eigenvalue weighted by Gasteiger charge is -2.25. The number of nitrogens with one attached hydrogen (secondary N) is 1. The van der Waals surface area contributed by atoms with Gasteiger partial charge in [0.1, 0.15) is 0 Å². The molecule has 0 saturated heterocycles. The zero-order valence-electron chi connectivity index (χ0n) is 13.8. The summed E-state index contributed by atoms with van der Waals surface area (Å²) in [6, 6.07) is 0. The lowest BCUT2D eigenvalue weighted by atomic mass is 10.0. The first-order valence-electron chi connectivity index (χ1n) is 8.43. The minimum Gasteiger partial charge on any atom is -0.396 e. The summed E-state index contributed by atoms with van der Waals surface area (Å²) in [5.41, 5.74) is -0.287. The van der Waals surface area contributed by atoms with E-state index in [1.807, 2.05) is 13.8 Å². The van der Waals surface area contributed by atoms with Gasteiger partial charge in [-0.2, -0.15) is 0 Å². The molecule has 0 aromatic rings. The van der Waals surface area contributed by atoms with Crippen molar-refractivity contribution in [2.75, 3.05) is 6.61 Å². The lowest BCUT2D eigenvalue weighted by Crippen LogP contribution is -2.43. The van der Waals surface area contributed by atoms with Crippen LogP contribution in [0.4, 0.5) is 0 Å². The van der Waals surface area contributed by atoms with Gasteiger partial charge in [0.05, 0.1) is 0 Å². The molecule has 20 heavy (non-hydrogen) atoms. The van der Waals surface area contributed by atoms with E-state index in [0.717, 1.165) is 12.8 Å². The lowest BCUT2D eigenvalue weighted by molar-refractivity contribution is -0.122. The summed E-state index contributed by atoms with van der Waals surface area (Å²) in [6.07, 6.45) is 12.7. The van der Waals surface area contributed by atoms with E-state index in [0.29, 0.717) is 12.8 Å². The molecular formula is C17H35NO2. The number of hydrogen-bond donors (Lipinski definition) is 2. The number of amides is 1. The van der Waals surface area contributed by atoms with E-state index >= 15 is 0 Å². The number of unbranched alkanes of at least 4 members (excludes halogenated alkanes) is 8. The Morgan fingerprint density at radius 1 is 0.950 bits per heavy atom. The molecule has 3 nitrogen and oxygen atoms in total. The molecule has 3 heteroatoms. The van der Waals surface area contributed by atoms with Crippen molar-refractivity contribution in [3.05, 3.63) is 0 Å². The third kappa shape index (κ3) is 12.5. The van der Waals surface area contributed by atoms with E-state index in [2.05, 4.69) is 12.2 Å². The number of rotatable bonds is 13. The average Bonchev–Trinajstić information content (AvgIpc) is 2.36. The summed E-state index contributed by atoms with van der Waals surface area (Å²) in [5.74, 6) is 0.117. The highest BCUT2D eigenvalue weighted by Crippen LogP contribution is 2.12. The molecule has 0 aromatic carbocycles. The van der Waals surface area contributed by atoms with Crippen LogP contribution in [0.1, 0.15) is 91.4 Å². The predicted octanol–water partition coefficient (Wildman–Crippen LogP) is 4.18. The molecule has 0 spiro atoms. The van der Waals surface area contributed by atoms with E-state index in [-0.39, 0.29) is 18.1 Å². The normalized spacial score (nSPS) is 11.6. The van der Waals surface area contributed by atoms with Gasteiger partial charge in [-0.25, -0.2) is 0 Å². The average molecular weight is 285 g/mol. The van der Waals surface area contributed by atoms with Gasteiger partial charge in [-0.3, -0.25) is 4.79 Å². The molecule has 0 heterocycles. The van der Waals surface area contributed by atoms with Crippen LogP contribution >= 0.6 is 0 Å². The van der Waals surface area contributed by atoms with Crippen molar-refractivity contribution in [2.24, 2.45) is 0 Å². The van der Waals surface area contributed by atoms with Crippen LogP contribution in [0.15, 0.2) is 0 Å². The van der Waals surface area contributed by atoms with Crippen molar-refractivity contribution in [2.45, 2.75) is 96.9 Å². The van der Waals surface area contributed by atoms with E-state index in [1.54, 1.807) is 0 Å². The Hall–Kier alpha value is -0.570. The fourth-order valence-electron chi connectivity index (χ4n) is 2.38.